The number of rotatable bonds is 3. The van der Waals surface area contributed by atoms with Gasteiger partial charge in [-0.25, -0.2) is 0 Å². The molecule has 76 valence electrons. The third-order valence-corrected chi connectivity index (χ3v) is 2.06. The van der Waals surface area contributed by atoms with E-state index in [2.05, 4.69) is 26.0 Å². The maximum absolute atomic E-state index is 10.6. The molecular weight excluding hydrogens is 176 g/mol. The standard InChI is InChI=1S/C12H16O2/c1-9(2)12-6-4-5-11(7-12)8-14-10(3)13/h4-7,9H,8H2,1-3H3. The molecule has 0 fully saturated rings. The van der Waals surface area contributed by atoms with E-state index in [1.807, 2.05) is 12.1 Å². The van der Waals surface area contributed by atoms with Crippen molar-refractivity contribution in [2.24, 2.45) is 0 Å². The summed E-state index contributed by atoms with van der Waals surface area (Å²) in [6, 6.07) is 8.12. The van der Waals surface area contributed by atoms with Crippen LogP contribution in [-0.4, -0.2) is 5.97 Å². The Morgan fingerprint density at radius 2 is 2.14 bits per heavy atom. The highest BCUT2D eigenvalue weighted by Gasteiger charge is 2.01. The Kier molecular flexibility index (Phi) is 3.69. The second-order valence-corrected chi connectivity index (χ2v) is 3.68. The van der Waals surface area contributed by atoms with E-state index in [0.717, 1.165) is 5.56 Å². The Morgan fingerprint density at radius 1 is 1.43 bits per heavy atom. The van der Waals surface area contributed by atoms with E-state index in [1.165, 1.54) is 12.5 Å². The van der Waals surface area contributed by atoms with Gasteiger partial charge in [0.05, 0.1) is 0 Å². The lowest BCUT2D eigenvalue weighted by Gasteiger charge is -2.07. The summed E-state index contributed by atoms with van der Waals surface area (Å²) < 4.78 is 4.92. The van der Waals surface area contributed by atoms with Crippen molar-refractivity contribution in [3.63, 3.8) is 0 Å². The van der Waals surface area contributed by atoms with Crippen molar-refractivity contribution in [3.05, 3.63) is 35.4 Å². The summed E-state index contributed by atoms with van der Waals surface area (Å²) in [7, 11) is 0. The summed E-state index contributed by atoms with van der Waals surface area (Å²) in [6.45, 7) is 6.08. The van der Waals surface area contributed by atoms with Gasteiger partial charge in [-0.3, -0.25) is 4.79 Å². The maximum Gasteiger partial charge on any atom is 0.302 e. The van der Waals surface area contributed by atoms with Crippen molar-refractivity contribution >= 4 is 5.97 Å². The third-order valence-electron chi connectivity index (χ3n) is 2.06. The van der Waals surface area contributed by atoms with Gasteiger partial charge >= 0.3 is 5.97 Å². The summed E-state index contributed by atoms with van der Waals surface area (Å²) in [5.41, 5.74) is 2.32. The molecule has 0 bridgehead atoms. The van der Waals surface area contributed by atoms with E-state index in [9.17, 15) is 4.79 Å². The summed E-state index contributed by atoms with van der Waals surface area (Å²) in [6.07, 6.45) is 0. The molecule has 0 amide bonds. The fourth-order valence-corrected chi connectivity index (χ4v) is 1.23. The smallest absolute Gasteiger partial charge is 0.302 e. The highest BCUT2D eigenvalue weighted by molar-refractivity contribution is 5.65. The average molecular weight is 192 g/mol. The second kappa shape index (κ2) is 4.80. The second-order valence-electron chi connectivity index (χ2n) is 3.68. The molecule has 1 aromatic carbocycles. The summed E-state index contributed by atoms with van der Waals surface area (Å²) in [4.78, 5) is 10.6. The zero-order chi connectivity index (χ0) is 10.6. The molecule has 2 nitrogen and oxygen atoms in total. The van der Waals surface area contributed by atoms with E-state index < -0.39 is 0 Å². The molecule has 0 radical (unpaired) electrons. The summed E-state index contributed by atoms with van der Waals surface area (Å²) in [5.74, 6) is 0.271. The molecule has 1 aromatic rings. The van der Waals surface area contributed by atoms with Crippen LogP contribution in [0.2, 0.25) is 0 Å². The molecule has 2 heteroatoms. The minimum absolute atomic E-state index is 0.236. The lowest BCUT2D eigenvalue weighted by atomic mass is 10.0. The molecule has 0 unspecified atom stereocenters. The normalized spacial score (nSPS) is 10.3. The van der Waals surface area contributed by atoms with Gasteiger partial charge in [-0.2, -0.15) is 0 Å². The lowest BCUT2D eigenvalue weighted by Crippen LogP contribution is -1.99. The van der Waals surface area contributed by atoms with Crippen LogP contribution in [0.4, 0.5) is 0 Å². The van der Waals surface area contributed by atoms with E-state index in [4.69, 9.17) is 4.74 Å². The predicted octanol–water partition coefficient (Wildman–Crippen LogP) is 2.87. The van der Waals surface area contributed by atoms with Crippen LogP contribution in [0, 0.1) is 0 Å². The van der Waals surface area contributed by atoms with Crippen LogP contribution in [0.15, 0.2) is 24.3 Å². The predicted molar refractivity (Wildman–Crippen MR) is 56.0 cm³/mol. The number of benzene rings is 1. The third kappa shape index (κ3) is 3.21. The molecule has 0 aliphatic heterocycles. The van der Waals surface area contributed by atoms with Crippen LogP contribution >= 0.6 is 0 Å². The Hall–Kier alpha value is -1.31. The topological polar surface area (TPSA) is 26.3 Å². The molecule has 0 aliphatic carbocycles. The van der Waals surface area contributed by atoms with Crippen LogP contribution in [-0.2, 0) is 16.1 Å². The Labute approximate surface area is 84.9 Å². The molecular formula is C12H16O2. The first kappa shape index (κ1) is 10.8. The monoisotopic (exact) mass is 192 g/mol. The highest BCUT2D eigenvalue weighted by atomic mass is 16.5. The first-order valence-corrected chi connectivity index (χ1v) is 4.82. The first-order valence-electron chi connectivity index (χ1n) is 4.82. The van der Waals surface area contributed by atoms with Crippen molar-refractivity contribution in [1.29, 1.82) is 0 Å². The minimum Gasteiger partial charge on any atom is -0.461 e. The van der Waals surface area contributed by atoms with Gasteiger partial charge in [-0.15, -0.1) is 0 Å². The minimum atomic E-state index is -0.236. The van der Waals surface area contributed by atoms with Crippen molar-refractivity contribution < 1.29 is 9.53 Å². The zero-order valence-corrected chi connectivity index (χ0v) is 8.91. The van der Waals surface area contributed by atoms with E-state index in [1.54, 1.807) is 0 Å². The molecule has 0 saturated heterocycles. The van der Waals surface area contributed by atoms with Gasteiger partial charge in [-0.1, -0.05) is 38.1 Å². The quantitative estimate of drug-likeness (QED) is 0.688. The van der Waals surface area contributed by atoms with Crippen molar-refractivity contribution in [1.82, 2.24) is 0 Å². The molecule has 0 spiro atoms. The van der Waals surface area contributed by atoms with E-state index in [-0.39, 0.29) is 5.97 Å². The van der Waals surface area contributed by atoms with Gasteiger partial charge in [0.25, 0.3) is 0 Å². The number of hydrogen-bond acceptors (Lipinski definition) is 2. The van der Waals surface area contributed by atoms with Crippen LogP contribution in [0.3, 0.4) is 0 Å². The molecule has 0 aromatic heterocycles. The van der Waals surface area contributed by atoms with E-state index >= 15 is 0 Å². The van der Waals surface area contributed by atoms with Crippen molar-refractivity contribution in [2.45, 2.75) is 33.3 Å². The Morgan fingerprint density at radius 3 is 2.71 bits per heavy atom. The van der Waals surface area contributed by atoms with Crippen LogP contribution in [0.25, 0.3) is 0 Å². The molecule has 0 atom stereocenters. The van der Waals surface area contributed by atoms with Gasteiger partial charge in [0.15, 0.2) is 0 Å². The largest absolute Gasteiger partial charge is 0.461 e. The Bertz CT molecular complexity index is 316. The van der Waals surface area contributed by atoms with Gasteiger partial charge in [-0.05, 0) is 17.0 Å². The van der Waals surface area contributed by atoms with Gasteiger partial charge in [0, 0.05) is 6.92 Å². The van der Waals surface area contributed by atoms with Gasteiger partial charge < -0.3 is 4.74 Å². The van der Waals surface area contributed by atoms with Crippen LogP contribution < -0.4 is 0 Å². The molecule has 0 aliphatic rings. The van der Waals surface area contributed by atoms with Crippen LogP contribution in [0.5, 0.6) is 0 Å². The fraction of sp³-hybridized carbons (Fsp3) is 0.417. The summed E-state index contributed by atoms with van der Waals surface area (Å²) in [5, 5.41) is 0. The number of esters is 1. The molecule has 1 rings (SSSR count). The molecule has 14 heavy (non-hydrogen) atoms. The zero-order valence-electron chi connectivity index (χ0n) is 8.91. The Balaban J connectivity index is 2.68. The SMILES string of the molecule is CC(=O)OCc1cccc(C(C)C)c1. The van der Waals surface area contributed by atoms with Crippen molar-refractivity contribution in [3.8, 4) is 0 Å². The maximum atomic E-state index is 10.6. The number of carbonyl (C=O) groups is 1. The van der Waals surface area contributed by atoms with Crippen molar-refractivity contribution in [2.75, 3.05) is 0 Å². The van der Waals surface area contributed by atoms with Gasteiger partial charge in [0.1, 0.15) is 6.61 Å². The van der Waals surface area contributed by atoms with Gasteiger partial charge in [0.2, 0.25) is 0 Å². The lowest BCUT2D eigenvalue weighted by molar-refractivity contribution is -0.142. The number of ether oxygens (including phenoxy) is 1. The molecule has 0 saturated carbocycles. The number of hydrogen-bond donors (Lipinski definition) is 0. The average Bonchev–Trinajstić information content (AvgIpc) is 2.15. The van der Waals surface area contributed by atoms with Crippen LogP contribution in [0.1, 0.15) is 37.8 Å². The summed E-state index contributed by atoms with van der Waals surface area (Å²) >= 11 is 0. The molecule has 0 heterocycles. The van der Waals surface area contributed by atoms with E-state index in [0.29, 0.717) is 12.5 Å². The first-order chi connectivity index (χ1) is 6.59. The number of carbonyl (C=O) groups excluding carboxylic acids is 1. The fourth-order valence-electron chi connectivity index (χ4n) is 1.23. The highest BCUT2D eigenvalue weighted by Crippen LogP contribution is 2.15. The molecule has 0 N–H and O–H groups in total.